The minimum Gasteiger partial charge on any atom is -0.489 e. The Morgan fingerprint density at radius 1 is 1.00 bits per heavy atom. The summed E-state index contributed by atoms with van der Waals surface area (Å²) >= 11 is 0. The highest BCUT2D eigenvalue weighted by Gasteiger charge is 2.65. The van der Waals surface area contributed by atoms with Gasteiger partial charge in [-0.1, -0.05) is 60.5 Å². The van der Waals surface area contributed by atoms with Crippen LogP contribution < -0.4 is 9.47 Å². The van der Waals surface area contributed by atoms with Gasteiger partial charge in [-0.2, -0.15) is 5.26 Å². The second-order valence-electron chi connectivity index (χ2n) is 16.1. The summed E-state index contributed by atoms with van der Waals surface area (Å²) in [5.74, 6) is -2.57. The Morgan fingerprint density at radius 3 is 2.44 bits per heavy atom. The van der Waals surface area contributed by atoms with E-state index in [2.05, 4.69) is 23.9 Å². The van der Waals surface area contributed by atoms with E-state index in [9.17, 15) is 24.3 Å². The number of unbranched alkanes of at least 4 members (excludes halogenated alkanes) is 2. The SMILES string of the molecule is C=CCO[C@@]12Oc3ccc(OCc4ccccc4F)cc3[C@H]3[C@H](CCCCO)[C@@H](CCCCO)C=C(C(=NOC)C[C@@H]1N(Cc1ccc(F)cc1)C(=O)c1ccc(C#N)cc1)[C@H]32. The van der Waals surface area contributed by atoms with Gasteiger partial charge in [0.15, 0.2) is 0 Å². The molecule has 1 heterocycles. The van der Waals surface area contributed by atoms with Gasteiger partial charge in [0.25, 0.3) is 5.91 Å². The van der Waals surface area contributed by atoms with Crippen LogP contribution in [0.25, 0.3) is 0 Å². The van der Waals surface area contributed by atoms with E-state index in [1.807, 2.05) is 12.1 Å². The summed E-state index contributed by atoms with van der Waals surface area (Å²) in [5, 5.41) is 34.0. The van der Waals surface area contributed by atoms with Crippen LogP contribution in [0.2, 0.25) is 0 Å². The third-order valence-electron chi connectivity index (χ3n) is 12.4. The van der Waals surface area contributed by atoms with E-state index in [4.69, 9.17) is 19.0 Å². The second kappa shape index (κ2) is 20.3. The van der Waals surface area contributed by atoms with Crippen LogP contribution >= 0.6 is 0 Å². The minimum absolute atomic E-state index is 0.00415. The van der Waals surface area contributed by atoms with Crippen molar-refractivity contribution in [3.05, 3.63) is 155 Å². The summed E-state index contributed by atoms with van der Waals surface area (Å²) in [4.78, 5) is 22.4. The predicted octanol–water partition coefficient (Wildman–Crippen LogP) is 9.02. The highest BCUT2D eigenvalue weighted by Crippen LogP contribution is 2.62. The molecular formula is C50H53F2N3O7. The van der Waals surface area contributed by atoms with Crippen molar-refractivity contribution in [2.75, 3.05) is 26.9 Å². The number of amides is 1. The Balaban J connectivity index is 1.45. The molecule has 0 aromatic heterocycles. The van der Waals surface area contributed by atoms with Gasteiger partial charge in [-0.3, -0.25) is 4.79 Å². The van der Waals surface area contributed by atoms with E-state index in [0.29, 0.717) is 52.3 Å². The summed E-state index contributed by atoms with van der Waals surface area (Å²) in [5.41, 5.74) is 4.13. The fourth-order valence-corrected chi connectivity index (χ4v) is 9.59. The lowest BCUT2D eigenvalue weighted by Gasteiger charge is -2.60. The van der Waals surface area contributed by atoms with Crippen molar-refractivity contribution in [2.24, 2.45) is 22.9 Å². The van der Waals surface area contributed by atoms with Crippen molar-refractivity contribution >= 4 is 11.6 Å². The first-order valence-electron chi connectivity index (χ1n) is 21.3. The van der Waals surface area contributed by atoms with Crippen LogP contribution in [0.4, 0.5) is 8.78 Å². The van der Waals surface area contributed by atoms with E-state index < -0.39 is 23.6 Å². The highest BCUT2D eigenvalue weighted by atomic mass is 19.1. The van der Waals surface area contributed by atoms with Crippen molar-refractivity contribution in [3.63, 3.8) is 0 Å². The first-order chi connectivity index (χ1) is 30.2. The van der Waals surface area contributed by atoms with Crippen LogP contribution in [0.1, 0.15) is 83.5 Å². The number of oxime groups is 1. The molecule has 324 valence electrons. The van der Waals surface area contributed by atoms with Crippen molar-refractivity contribution in [1.29, 1.82) is 5.26 Å². The van der Waals surface area contributed by atoms with Gasteiger partial charge < -0.3 is 34.2 Å². The lowest BCUT2D eigenvalue weighted by Crippen LogP contribution is -2.70. The van der Waals surface area contributed by atoms with Crippen LogP contribution in [0.5, 0.6) is 11.5 Å². The Kier molecular flexibility index (Phi) is 14.5. The number of aliphatic hydroxyl groups excluding tert-OH is 2. The molecule has 2 aliphatic carbocycles. The van der Waals surface area contributed by atoms with Crippen LogP contribution in [-0.2, 0) is 22.7 Å². The molecule has 10 nitrogen and oxygen atoms in total. The molecular weight excluding hydrogens is 793 g/mol. The lowest BCUT2D eigenvalue weighted by molar-refractivity contribution is -0.255. The summed E-state index contributed by atoms with van der Waals surface area (Å²) in [6.45, 7) is 4.22. The van der Waals surface area contributed by atoms with E-state index in [1.54, 1.807) is 71.6 Å². The lowest BCUT2D eigenvalue weighted by atomic mass is 9.55. The fraction of sp³-hybridized carbons (Fsp3) is 0.380. The van der Waals surface area contributed by atoms with Crippen LogP contribution in [0.3, 0.4) is 0 Å². The van der Waals surface area contributed by atoms with Gasteiger partial charge >= 0.3 is 0 Å². The molecule has 0 saturated heterocycles. The number of carbonyl (C=O) groups excluding carboxylic acids is 1. The van der Waals surface area contributed by atoms with Crippen molar-refractivity contribution < 1.29 is 42.8 Å². The molecule has 0 radical (unpaired) electrons. The van der Waals surface area contributed by atoms with E-state index in [0.717, 1.165) is 36.8 Å². The average molecular weight is 846 g/mol. The first kappa shape index (κ1) is 44.2. The predicted molar refractivity (Wildman–Crippen MR) is 230 cm³/mol. The molecule has 1 amide bonds. The van der Waals surface area contributed by atoms with Gasteiger partial charge in [-0.15, -0.1) is 6.58 Å². The fourth-order valence-electron chi connectivity index (χ4n) is 9.59. The minimum atomic E-state index is -1.55. The molecule has 1 saturated carbocycles. The van der Waals surface area contributed by atoms with Crippen molar-refractivity contribution in [1.82, 2.24) is 4.90 Å². The van der Waals surface area contributed by atoms with Crippen LogP contribution in [-0.4, -0.2) is 65.5 Å². The number of nitrogens with zero attached hydrogens (tertiary/aromatic N) is 3. The number of aliphatic hydroxyl groups is 2. The Bertz CT molecular complexity index is 2290. The largest absolute Gasteiger partial charge is 0.489 e. The van der Waals surface area contributed by atoms with Gasteiger partial charge in [-0.05, 0) is 109 Å². The normalized spacial score (nSPS) is 22.9. The molecule has 12 heteroatoms. The van der Waals surface area contributed by atoms with E-state index in [1.165, 1.54) is 25.3 Å². The third kappa shape index (κ3) is 9.31. The van der Waals surface area contributed by atoms with Gasteiger partial charge in [0, 0.05) is 48.8 Å². The third-order valence-corrected chi connectivity index (χ3v) is 12.4. The number of carbonyl (C=O) groups is 1. The highest BCUT2D eigenvalue weighted by molar-refractivity contribution is 6.03. The number of nitriles is 1. The molecule has 4 aromatic carbocycles. The zero-order chi connectivity index (χ0) is 43.6. The molecule has 0 bridgehead atoms. The second-order valence-corrected chi connectivity index (χ2v) is 16.1. The summed E-state index contributed by atoms with van der Waals surface area (Å²) in [6, 6.07) is 25.7. The monoisotopic (exact) mass is 845 g/mol. The van der Waals surface area contributed by atoms with Crippen molar-refractivity contribution in [3.8, 4) is 17.6 Å². The number of benzene rings is 4. The summed E-state index contributed by atoms with van der Waals surface area (Å²) < 4.78 is 49.7. The van der Waals surface area contributed by atoms with Crippen LogP contribution in [0.15, 0.2) is 120 Å². The molecule has 1 fully saturated rings. The molecule has 0 unspecified atom stereocenters. The standard InChI is InChI=1S/C50H53F2N3O7/c1-3-26-61-50-46(55(31-34-16-20-38(51)21-17-34)49(58)35-18-14-33(30-53)15-19-35)29-44(54-59-2)41-27-36(10-6-8-24-56)40(12-7-9-25-57)47(48(41)50)42-28-39(22-23-45(42)62-50)60-32-37-11-4-5-13-43(37)52/h3-5,11,13-23,27-28,36,40,46-48,56-57H,1,6-10,12,24-26,29,31-32H2,2H3/t36-,40+,46-,47+,48+,50+/m0/s1. The molecule has 4 aromatic rings. The zero-order valence-corrected chi connectivity index (χ0v) is 34.9. The van der Waals surface area contributed by atoms with Gasteiger partial charge in [0.05, 0.1) is 29.9 Å². The number of rotatable bonds is 19. The molecule has 1 aliphatic heterocycles. The quantitative estimate of drug-likeness (QED) is 0.0543. The molecule has 0 spiro atoms. The Morgan fingerprint density at radius 2 is 1.74 bits per heavy atom. The van der Waals surface area contributed by atoms with Gasteiger partial charge in [0.1, 0.15) is 42.9 Å². The summed E-state index contributed by atoms with van der Waals surface area (Å²) in [6.07, 6.45) is 8.30. The maximum absolute atomic E-state index is 15.1. The molecule has 2 N–H and O–H groups in total. The first-order valence-corrected chi connectivity index (χ1v) is 21.3. The topological polar surface area (TPSA) is 134 Å². The van der Waals surface area contributed by atoms with Gasteiger partial charge in [-0.25, -0.2) is 8.78 Å². The summed E-state index contributed by atoms with van der Waals surface area (Å²) in [7, 11) is 1.49. The average Bonchev–Trinajstić information content (AvgIpc) is 3.29. The van der Waals surface area contributed by atoms with E-state index in [-0.39, 0.29) is 68.9 Å². The van der Waals surface area contributed by atoms with Crippen LogP contribution in [0, 0.1) is 40.7 Å². The zero-order valence-electron chi connectivity index (χ0n) is 34.9. The molecule has 7 rings (SSSR count). The maximum atomic E-state index is 15.1. The van der Waals surface area contributed by atoms with Gasteiger partial charge in [0.2, 0.25) is 5.79 Å². The number of ether oxygens (including phenoxy) is 3. The molecule has 3 aliphatic rings. The van der Waals surface area contributed by atoms with Crippen molar-refractivity contribution in [2.45, 2.75) is 75.8 Å². The maximum Gasteiger partial charge on any atom is 0.254 e. The number of fused-ring (bicyclic) bond motifs is 2. The smallest absolute Gasteiger partial charge is 0.254 e. The van der Waals surface area contributed by atoms with E-state index >= 15 is 4.79 Å². The number of allylic oxidation sites excluding steroid dienone is 1. The number of hydrogen-bond donors (Lipinski definition) is 2. The number of hydrogen-bond acceptors (Lipinski definition) is 9. The Labute approximate surface area is 361 Å². The number of halogens is 2. The Hall–Kier alpha value is -5.87. The molecule has 6 atom stereocenters. The molecule has 62 heavy (non-hydrogen) atoms.